The molecule has 1 aromatic rings. The molecule has 0 radical (unpaired) electrons. The maximum atomic E-state index is 5.95. The first-order valence-electron chi connectivity index (χ1n) is 6.27. The van der Waals surface area contributed by atoms with Crippen molar-refractivity contribution in [3.63, 3.8) is 0 Å². The monoisotopic (exact) mass is 235 g/mol. The van der Waals surface area contributed by atoms with Crippen LogP contribution in [0.2, 0.25) is 0 Å². The van der Waals surface area contributed by atoms with Crippen molar-refractivity contribution in [2.45, 2.75) is 38.6 Å². The Balaban J connectivity index is 2.04. The van der Waals surface area contributed by atoms with Gasteiger partial charge in [-0.25, -0.2) is 0 Å². The Morgan fingerprint density at radius 3 is 2.65 bits per heavy atom. The SMILES string of the molecule is CCc1ccc(C2COC(C)(CCN)O2)cc1. The molecule has 2 atom stereocenters. The van der Waals surface area contributed by atoms with E-state index in [4.69, 9.17) is 15.2 Å². The maximum Gasteiger partial charge on any atom is 0.167 e. The van der Waals surface area contributed by atoms with Crippen LogP contribution < -0.4 is 5.73 Å². The lowest BCUT2D eigenvalue weighted by molar-refractivity contribution is -0.157. The molecular weight excluding hydrogens is 214 g/mol. The number of rotatable bonds is 4. The summed E-state index contributed by atoms with van der Waals surface area (Å²) in [5.74, 6) is -0.511. The highest BCUT2D eigenvalue weighted by Gasteiger charge is 2.36. The van der Waals surface area contributed by atoms with Gasteiger partial charge < -0.3 is 15.2 Å². The predicted octanol–water partition coefficient (Wildman–Crippen LogP) is 2.40. The van der Waals surface area contributed by atoms with Crippen LogP contribution in [0.3, 0.4) is 0 Å². The van der Waals surface area contributed by atoms with E-state index in [2.05, 4.69) is 31.2 Å². The summed E-state index contributed by atoms with van der Waals surface area (Å²) in [5.41, 5.74) is 8.08. The molecule has 0 saturated carbocycles. The predicted molar refractivity (Wildman–Crippen MR) is 67.7 cm³/mol. The second kappa shape index (κ2) is 5.17. The first-order chi connectivity index (χ1) is 8.17. The van der Waals surface area contributed by atoms with Gasteiger partial charge in [-0.3, -0.25) is 0 Å². The lowest BCUT2D eigenvalue weighted by atomic mass is 10.1. The fourth-order valence-electron chi connectivity index (χ4n) is 2.15. The molecule has 2 rings (SSSR count). The molecule has 94 valence electrons. The first-order valence-corrected chi connectivity index (χ1v) is 6.27. The first kappa shape index (κ1) is 12.6. The van der Waals surface area contributed by atoms with Gasteiger partial charge in [-0.1, -0.05) is 31.2 Å². The summed E-state index contributed by atoms with van der Waals surface area (Å²) in [6, 6.07) is 8.55. The summed E-state index contributed by atoms with van der Waals surface area (Å²) in [4.78, 5) is 0. The van der Waals surface area contributed by atoms with Crippen LogP contribution in [-0.2, 0) is 15.9 Å². The molecule has 0 bridgehead atoms. The van der Waals surface area contributed by atoms with Crippen LogP contribution in [0.5, 0.6) is 0 Å². The summed E-state index contributed by atoms with van der Waals surface area (Å²) in [7, 11) is 0. The van der Waals surface area contributed by atoms with E-state index in [0.717, 1.165) is 12.8 Å². The van der Waals surface area contributed by atoms with Crippen LogP contribution in [0, 0.1) is 0 Å². The van der Waals surface area contributed by atoms with Crippen LogP contribution in [0.25, 0.3) is 0 Å². The lowest BCUT2D eigenvalue weighted by Crippen LogP contribution is -2.28. The van der Waals surface area contributed by atoms with Gasteiger partial charge in [0.2, 0.25) is 0 Å². The molecule has 0 spiro atoms. The highest BCUT2D eigenvalue weighted by atomic mass is 16.7. The number of ether oxygens (including phenoxy) is 2. The van der Waals surface area contributed by atoms with Gasteiger partial charge in [-0.2, -0.15) is 0 Å². The van der Waals surface area contributed by atoms with Crippen molar-refractivity contribution < 1.29 is 9.47 Å². The van der Waals surface area contributed by atoms with E-state index in [9.17, 15) is 0 Å². The van der Waals surface area contributed by atoms with E-state index >= 15 is 0 Å². The van der Waals surface area contributed by atoms with E-state index in [1.54, 1.807) is 0 Å². The highest BCUT2D eigenvalue weighted by Crippen LogP contribution is 2.34. The van der Waals surface area contributed by atoms with Crippen molar-refractivity contribution in [1.29, 1.82) is 0 Å². The van der Waals surface area contributed by atoms with Gasteiger partial charge >= 0.3 is 0 Å². The zero-order chi connectivity index (χ0) is 12.3. The lowest BCUT2D eigenvalue weighted by Gasteiger charge is -2.22. The average Bonchev–Trinajstić information content (AvgIpc) is 2.72. The molecular formula is C14H21NO2. The minimum Gasteiger partial charge on any atom is -0.347 e. The second-order valence-electron chi connectivity index (χ2n) is 4.69. The molecule has 0 amide bonds. The molecule has 3 nitrogen and oxygen atoms in total. The topological polar surface area (TPSA) is 44.5 Å². The quantitative estimate of drug-likeness (QED) is 0.871. The molecule has 3 heteroatoms. The van der Waals surface area contributed by atoms with Crippen molar-refractivity contribution in [2.75, 3.05) is 13.2 Å². The summed E-state index contributed by atoms with van der Waals surface area (Å²) in [6.07, 6.45) is 1.83. The number of hydrogen-bond acceptors (Lipinski definition) is 3. The second-order valence-corrected chi connectivity index (χ2v) is 4.69. The summed E-state index contributed by atoms with van der Waals surface area (Å²) in [5, 5.41) is 0. The van der Waals surface area contributed by atoms with Crippen LogP contribution in [0.4, 0.5) is 0 Å². The van der Waals surface area contributed by atoms with E-state index in [0.29, 0.717) is 13.2 Å². The van der Waals surface area contributed by atoms with E-state index in [1.807, 2.05) is 6.92 Å². The number of hydrogen-bond donors (Lipinski definition) is 1. The Bertz CT molecular complexity index is 363. The van der Waals surface area contributed by atoms with Gasteiger partial charge in [-0.15, -0.1) is 0 Å². The Kier molecular flexibility index (Phi) is 3.82. The van der Waals surface area contributed by atoms with Crippen LogP contribution in [0.15, 0.2) is 24.3 Å². The van der Waals surface area contributed by atoms with Crippen molar-refractivity contribution in [3.8, 4) is 0 Å². The van der Waals surface area contributed by atoms with Gasteiger partial charge in [0.1, 0.15) is 6.10 Å². The van der Waals surface area contributed by atoms with Crippen molar-refractivity contribution in [2.24, 2.45) is 5.73 Å². The third kappa shape index (κ3) is 2.86. The van der Waals surface area contributed by atoms with Crippen LogP contribution in [0.1, 0.15) is 37.5 Å². The molecule has 1 aromatic carbocycles. The summed E-state index contributed by atoms with van der Waals surface area (Å²) in [6.45, 7) is 5.31. The number of aryl methyl sites for hydroxylation is 1. The molecule has 1 aliphatic rings. The third-order valence-corrected chi connectivity index (χ3v) is 3.29. The van der Waals surface area contributed by atoms with Crippen LogP contribution >= 0.6 is 0 Å². The average molecular weight is 235 g/mol. The minimum absolute atomic E-state index is 0.0393. The van der Waals surface area contributed by atoms with Crippen molar-refractivity contribution in [1.82, 2.24) is 0 Å². The summed E-state index contributed by atoms with van der Waals surface area (Å²) >= 11 is 0. The van der Waals surface area contributed by atoms with Crippen LogP contribution in [-0.4, -0.2) is 18.9 Å². The van der Waals surface area contributed by atoms with Crippen molar-refractivity contribution >= 4 is 0 Å². The standard InChI is InChI=1S/C14H21NO2/c1-3-11-4-6-12(7-5-11)13-10-16-14(2,17-13)8-9-15/h4-7,13H,3,8-10,15H2,1-2H3. The molecule has 0 aromatic heterocycles. The Morgan fingerprint density at radius 2 is 2.06 bits per heavy atom. The van der Waals surface area contributed by atoms with Gasteiger partial charge in [0, 0.05) is 6.42 Å². The maximum absolute atomic E-state index is 5.95. The number of nitrogens with two attached hydrogens (primary N) is 1. The molecule has 1 aliphatic heterocycles. The Hall–Kier alpha value is -0.900. The van der Waals surface area contributed by atoms with Gasteiger partial charge in [-0.05, 0) is 31.0 Å². The molecule has 2 N–H and O–H groups in total. The summed E-state index contributed by atoms with van der Waals surface area (Å²) < 4.78 is 11.6. The third-order valence-electron chi connectivity index (χ3n) is 3.29. The molecule has 2 unspecified atom stereocenters. The van der Waals surface area contributed by atoms with Gasteiger partial charge in [0.25, 0.3) is 0 Å². The molecule has 1 heterocycles. The highest BCUT2D eigenvalue weighted by molar-refractivity contribution is 5.24. The Morgan fingerprint density at radius 1 is 1.35 bits per heavy atom. The normalized spacial score (nSPS) is 28.5. The fourth-order valence-corrected chi connectivity index (χ4v) is 2.15. The largest absolute Gasteiger partial charge is 0.347 e. The zero-order valence-electron chi connectivity index (χ0n) is 10.6. The van der Waals surface area contributed by atoms with Gasteiger partial charge in [0.15, 0.2) is 5.79 Å². The van der Waals surface area contributed by atoms with E-state index < -0.39 is 5.79 Å². The minimum atomic E-state index is -0.511. The smallest absolute Gasteiger partial charge is 0.167 e. The number of benzene rings is 1. The van der Waals surface area contributed by atoms with Crippen molar-refractivity contribution in [3.05, 3.63) is 35.4 Å². The molecule has 0 aliphatic carbocycles. The molecule has 17 heavy (non-hydrogen) atoms. The molecule has 1 fully saturated rings. The van der Waals surface area contributed by atoms with E-state index in [1.165, 1.54) is 11.1 Å². The Labute approximate surface area is 103 Å². The van der Waals surface area contributed by atoms with E-state index in [-0.39, 0.29) is 6.10 Å². The molecule has 1 saturated heterocycles. The zero-order valence-corrected chi connectivity index (χ0v) is 10.6. The fraction of sp³-hybridized carbons (Fsp3) is 0.571. The van der Waals surface area contributed by atoms with Gasteiger partial charge in [0.05, 0.1) is 6.61 Å².